The Morgan fingerprint density at radius 1 is 0.703 bits per heavy atom. The highest BCUT2D eigenvalue weighted by Crippen LogP contribution is 2.36. The number of benzene rings is 3. The number of hydrogen-bond acceptors (Lipinski definition) is 7. The van der Waals surface area contributed by atoms with Gasteiger partial charge in [-0.05, 0) is 35.4 Å². The average molecular weight is 499 g/mol. The molecule has 0 bridgehead atoms. The maximum Gasteiger partial charge on any atom is 0.340 e. The molecule has 1 fully saturated rings. The van der Waals surface area contributed by atoms with Crippen LogP contribution in [0.3, 0.4) is 0 Å². The summed E-state index contributed by atoms with van der Waals surface area (Å²) >= 11 is 0. The Labute approximate surface area is 214 Å². The summed E-state index contributed by atoms with van der Waals surface area (Å²) in [6, 6.07) is 30.9. The van der Waals surface area contributed by atoms with E-state index in [0.717, 1.165) is 11.1 Å². The number of rotatable bonds is 9. The molecule has 2 heterocycles. The molecular weight excluding hydrogens is 472 g/mol. The predicted octanol–water partition coefficient (Wildman–Crippen LogP) is 5.27. The monoisotopic (exact) mass is 498 g/mol. The lowest BCUT2D eigenvalue weighted by molar-refractivity contribution is -0.225. The second-order valence-corrected chi connectivity index (χ2v) is 8.59. The van der Waals surface area contributed by atoms with Gasteiger partial charge in [-0.25, -0.2) is 9.59 Å². The van der Waals surface area contributed by atoms with E-state index in [-0.39, 0.29) is 13.2 Å². The Morgan fingerprint density at radius 3 is 1.89 bits per heavy atom. The first-order chi connectivity index (χ1) is 18.2. The molecule has 4 aromatic rings. The number of ether oxygens (including phenoxy) is 4. The van der Waals surface area contributed by atoms with Crippen molar-refractivity contribution in [1.82, 2.24) is 0 Å². The molecule has 1 saturated heterocycles. The molecule has 1 aliphatic rings. The highest BCUT2D eigenvalue weighted by atomic mass is 16.6. The summed E-state index contributed by atoms with van der Waals surface area (Å²) in [4.78, 5) is 26.4. The van der Waals surface area contributed by atoms with Crippen molar-refractivity contribution in [2.24, 2.45) is 0 Å². The second-order valence-electron chi connectivity index (χ2n) is 8.59. The summed E-state index contributed by atoms with van der Waals surface area (Å²) in [5.74, 6) is -0.878. The van der Waals surface area contributed by atoms with Gasteiger partial charge in [0, 0.05) is 0 Å². The van der Waals surface area contributed by atoms with Crippen LogP contribution in [-0.2, 0) is 37.0 Å². The molecule has 188 valence electrons. The van der Waals surface area contributed by atoms with E-state index in [1.165, 1.54) is 6.26 Å². The van der Waals surface area contributed by atoms with E-state index in [0.29, 0.717) is 11.3 Å². The lowest BCUT2D eigenvalue weighted by Gasteiger charge is -2.39. The zero-order valence-corrected chi connectivity index (χ0v) is 20.0. The van der Waals surface area contributed by atoms with Crippen LogP contribution in [0, 0.1) is 0 Å². The van der Waals surface area contributed by atoms with Gasteiger partial charge in [0.2, 0.25) is 0 Å². The van der Waals surface area contributed by atoms with Gasteiger partial charge in [0.15, 0.2) is 18.3 Å². The molecule has 4 atom stereocenters. The van der Waals surface area contributed by atoms with Gasteiger partial charge in [-0.2, -0.15) is 0 Å². The first-order valence-corrected chi connectivity index (χ1v) is 12.0. The normalized spacial score (nSPS) is 21.2. The van der Waals surface area contributed by atoms with Crippen LogP contribution in [-0.4, -0.2) is 30.3 Å². The minimum Gasteiger partial charge on any atom is -0.465 e. The fourth-order valence-corrected chi connectivity index (χ4v) is 4.18. The third-order valence-electron chi connectivity index (χ3n) is 6.03. The number of cyclic esters (lactones) is 1. The molecule has 5 rings (SSSR count). The fraction of sp³-hybridized carbons (Fsp3) is 0.200. The number of esters is 2. The van der Waals surface area contributed by atoms with Gasteiger partial charge in [0.1, 0.15) is 11.9 Å². The molecule has 0 spiro atoms. The van der Waals surface area contributed by atoms with Crippen molar-refractivity contribution in [3.8, 4) is 0 Å². The quantitative estimate of drug-likeness (QED) is 0.291. The molecular formula is C30H26O7. The summed E-state index contributed by atoms with van der Waals surface area (Å²) in [5, 5.41) is 0. The van der Waals surface area contributed by atoms with Crippen LogP contribution in [0.15, 0.2) is 114 Å². The number of carbonyl (C=O) groups is 2. The smallest absolute Gasteiger partial charge is 0.340 e. The van der Waals surface area contributed by atoms with Crippen molar-refractivity contribution < 1.29 is 33.0 Å². The number of carbonyl (C=O) groups excluding carboxylic acids is 2. The summed E-state index contributed by atoms with van der Waals surface area (Å²) in [7, 11) is 0. The standard InChI is InChI=1S/C30H26O7/c31-29(23-15-8-3-9-16-23)37-27-26(34-19-21-11-4-1-5-12-21)25(24-17-10-18-33-24)36-30(32)28(27)35-20-22-13-6-2-7-14-22/h1-18,25-28H,19-20H2/t25-,26+,27+,28+/m1/s1. The average Bonchev–Trinajstić information content (AvgIpc) is 3.48. The Balaban J connectivity index is 1.46. The van der Waals surface area contributed by atoms with Crippen LogP contribution in [0.5, 0.6) is 0 Å². The zero-order valence-electron chi connectivity index (χ0n) is 20.0. The van der Waals surface area contributed by atoms with Crippen LogP contribution in [0.25, 0.3) is 0 Å². The lowest BCUT2D eigenvalue weighted by atomic mass is 9.96. The third-order valence-corrected chi connectivity index (χ3v) is 6.03. The zero-order chi connectivity index (χ0) is 25.5. The molecule has 7 heteroatoms. The van der Waals surface area contributed by atoms with Crippen molar-refractivity contribution >= 4 is 11.9 Å². The van der Waals surface area contributed by atoms with Crippen LogP contribution in [0.1, 0.15) is 33.3 Å². The number of hydrogen-bond donors (Lipinski definition) is 0. The highest BCUT2D eigenvalue weighted by Gasteiger charge is 2.51. The lowest BCUT2D eigenvalue weighted by Crippen LogP contribution is -2.55. The van der Waals surface area contributed by atoms with Crippen LogP contribution < -0.4 is 0 Å². The van der Waals surface area contributed by atoms with Gasteiger partial charge in [0.25, 0.3) is 0 Å². The first kappa shape index (κ1) is 24.5. The van der Waals surface area contributed by atoms with Gasteiger partial charge in [0.05, 0.1) is 25.0 Å². The summed E-state index contributed by atoms with van der Waals surface area (Å²) in [6.07, 6.45) is -2.65. The Bertz CT molecular complexity index is 1270. The van der Waals surface area contributed by atoms with Gasteiger partial charge in [-0.15, -0.1) is 0 Å². The first-order valence-electron chi connectivity index (χ1n) is 12.0. The summed E-state index contributed by atoms with van der Waals surface area (Å²) in [6.45, 7) is 0.321. The minimum atomic E-state index is -1.21. The molecule has 0 unspecified atom stereocenters. The minimum absolute atomic E-state index is 0.122. The van der Waals surface area contributed by atoms with E-state index in [9.17, 15) is 9.59 Å². The van der Waals surface area contributed by atoms with E-state index >= 15 is 0 Å². The molecule has 0 amide bonds. The van der Waals surface area contributed by atoms with Crippen LogP contribution >= 0.6 is 0 Å². The van der Waals surface area contributed by atoms with E-state index in [2.05, 4.69) is 0 Å². The maximum absolute atomic E-state index is 13.2. The fourth-order valence-electron chi connectivity index (χ4n) is 4.18. The van der Waals surface area contributed by atoms with Gasteiger partial charge >= 0.3 is 11.9 Å². The van der Waals surface area contributed by atoms with Crippen LogP contribution in [0.2, 0.25) is 0 Å². The molecule has 3 aromatic carbocycles. The topological polar surface area (TPSA) is 84.2 Å². The predicted molar refractivity (Wildman–Crippen MR) is 133 cm³/mol. The summed E-state index contributed by atoms with van der Waals surface area (Å²) in [5.41, 5.74) is 2.12. The van der Waals surface area contributed by atoms with E-state index in [4.69, 9.17) is 23.4 Å². The van der Waals surface area contributed by atoms with Crippen LogP contribution in [0.4, 0.5) is 0 Å². The van der Waals surface area contributed by atoms with Gasteiger partial charge < -0.3 is 23.4 Å². The SMILES string of the molecule is O=C(O[C@H]1[C@@H](OCc2ccccc2)[C@@H](c2ccco2)OC(=O)[C@H]1OCc1ccccc1)c1ccccc1. The molecule has 0 N–H and O–H groups in total. The van der Waals surface area contributed by atoms with Crippen molar-refractivity contribution in [2.45, 2.75) is 37.6 Å². The largest absolute Gasteiger partial charge is 0.465 e. The Morgan fingerprint density at radius 2 is 1.30 bits per heavy atom. The molecule has 37 heavy (non-hydrogen) atoms. The van der Waals surface area contributed by atoms with E-state index < -0.39 is 36.4 Å². The molecule has 0 radical (unpaired) electrons. The van der Waals surface area contributed by atoms with Gasteiger partial charge in [-0.3, -0.25) is 0 Å². The maximum atomic E-state index is 13.2. The van der Waals surface area contributed by atoms with Crippen molar-refractivity contribution in [2.75, 3.05) is 0 Å². The third kappa shape index (κ3) is 5.97. The second kappa shape index (κ2) is 11.7. The van der Waals surface area contributed by atoms with Crippen molar-refractivity contribution in [3.63, 3.8) is 0 Å². The Kier molecular flexibility index (Phi) is 7.74. The molecule has 1 aromatic heterocycles. The molecule has 1 aliphatic heterocycles. The molecule has 0 saturated carbocycles. The van der Waals surface area contributed by atoms with E-state index in [1.54, 1.807) is 42.5 Å². The Hall–Kier alpha value is -4.20. The van der Waals surface area contributed by atoms with Crippen molar-refractivity contribution in [3.05, 3.63) is 132 Å². The molecule has 0 aliphatic carbocycles. The van der Waals surface area contributed by atoms with E-state index in [1.807, 2.05) is 60.7 Å². The summed E-state index contributed by atoms with van der Waals surface area (Å²) < 4.78 is 29.6. The van der Waals surface area contributed by atoms with Crippen molar-refractivity contribution in [1.29, 1.82) is 0 Å². The van der Waals surface area contributed by atoms with Gasteiger partial charge in [-0.1, -0.05) is 78.9 Å². The number of furan rings is 1. The highest BCUT2D eigenvalue weighted by molar-refractivity contribution is 5.90. The molecule has 7 nitrogen and oxygen atoms in total.